The highest BCUT2D eigenvalue weighted by Crippen LogP contribution is 2.33. The van der Waals surface area contributed by atoms with Crippen LogP contribution in [0.25, 0.3) is 0 Å². The van der Waals surface area contributed by atoms with Crippen LogP contribution in [0.5, 0.6) is 0 Å². The van der Waals surface area contributed by atoms with E-state index in [4.69, 9.17) is 11.5 Å². The lowest BCUT2D eigenvalue weighted by atomic mass is 10.0. The maximum atomic E-state index is 12.0. The third-order valence-corrected chi connectivity index (χ3v) is 4.11. The first-order valence-corrected chi connectivity index (χ1v) is 6.92. The van der Waals surface area contributed by atoms with Crippen molar-refractivity contribution in [2.24, 2.45) is 11.8 Å². The van der Waals surface area contributed by atoms with Crippen LogP contribution in [0.15, 0.2) is 12.3 Å². The summed E-state index contributed by atoms with van der Waals surface area (Å²) in [6.07, 6.45) is 5.69. The summed E-state index contributed by atoms with van der Waals surface area (Å²) in [7, 11) is 0. The van der Waals surface area contributed by atoms with Gasteiger partial charge in [0.25, 0.3) is 0 Å². The molecular weight excluding hydrogens is 240 g/mol. The third kappa shape index (κ3) is 2.50. The van der Waals surface area contributed by atoms with Crippen molar-refractivity contribution >= 4 is 17.3 Å². The number of rotatable bonds is 3. The number of carbonyl (C=O) groups excluding carboxylic acids is 1. The molecule has 1 amide bonds. The van der Waals surface area contributed by atoms with Gasteiger partial charge >= 0.3 is 0 Å². The van der Waals surface area contributed by atoms with E-state index in [9.17, 15) is 4.79 Å². The molecule has 2 heterocycles. The Hall–Kier alpha value is -1.78. The van der Waals surface area contributed by atoms with Crippen molar-refractivity contribution < 1.29 is 4.79 Å². The molecule has 1 saturated carbocycles. The maximum absolute atomic E-state index is 12.0. The predicted molar refractivity (Wildman–Crippen MR) is 74.2 cm³/mol. The minimum Gasteiger partial charge on any atom is -0.397 e. The van der Waals surface area contributed by atoms with Gasteiger partial charge in [-0.15, -0.1) is 0 Å². The van der Waals surface area contributed by atoms with Gasteiger partial charge in [0.2, 0.25) is 5.91 Å². The second-order valence-electron chi connectivity index (χ2n) is 5.68. The van der Waals surface area contributed by atoms with Crippen LogP contribution in [0, 0.1) is 11.8 Å². The molecule has 19 heavy (non-hydrogen) atoms. The SMILES string of the molecule is Nc1ccnc(CC2CCN(C(=O)C3CC3)C2)c1N. The number of likely N-dealkylation sites (tertiary alicyclic amines) is 1. The average Bonchev–Trinajstić information content (AvgIpc) is 3.14. The molecule has 0 radical (unpaired) electrons. The Labute approximate surface area is 113 Å². The number of amides is 1. The van der Waals surface area contributed by atoms with E-state index in [1.54, 1.807) is 12.3 Å². The molecule has 5 heteroatoms. The van der Waals surface area contributed by atoms with Crippen molar-refractivity contribution in [1.29, 1.82) is 0 Å². The molecule has 1 unspecified atom stereocenters. The molecule has 1 aliphatic heterocycles. The van der Waals surface area contributed by atoms with Crippen LogP contribution in [0.3, 0.4) is 0 Å². The molecule has 0 aromatic carbocycles. The Bertz CT molecular complexity index is 498. The molecule has 1 aliphatic carbocycles. The van der Waals surface area contributed by atoms with Gasteiger partial charge in [0.15, 0.2) is 0 Å². The fraction of sp³-hybridized carbons (Fsp3) is 0.571. The lowest BCUT2D eigenvalue weighted by molar-refractivity contribution is -0.131. The number of aromatic nitrogens is 1. The molecular formula is C14H20N4O. The number of anilines is 2. The lowest BCUT2D eigenvalue weighted by Crippen LogP contribution is -2.30. The Morgan fingerprint density at radius 1 is 1.37 bits per heavy atom. The summed E-state index contributed by atoms with van der Waals surface area (Å²) in [6.45, 7) is 1.72. The number of hydrogen-bond donors (Lipinski definition) is 2. The molecule has 1 atom stereocenters. The minimum atomic E-state index is 0.314. The van der Waals surface area contributed by atoms with Gasteiger partial charge in [0, 0.05) is 25.2 Å². The molecule has 4 N–H and O–H groups in total. The van der Waals surface area contributed by atoms with Crippen LogP contribution in [-0.2, 0) is 11.2 Å². The highest BCUT2D eigenvalue weighted by molar-refractivity contribution is 5.81. The summed E-state index contributed by atoms with van der Waals surface area (Å²) in [4.78, 5) is 18.3. The van der Waals surface area contributed by atoms with E-state index in [1.165, 1.54) is 0 Å². The zero-order valence-corrected chi connectivity index (χ0v) is 11.0. The summed E-state index contributed by atoms with van der Waals surface area (Å²) in [6, 6.07) is 1.72. The van der Waals surface area contributed by atoms with E-state index in [-0.39, 0.29) is 0 Å². The van der Waals surface area contributed by atoms with Crippen molar-refractivity contribution in [2.45, 2.75) is 25.7 Å². The van der Waals surface area contributed by atoms with Crippen molar-refractivity contribution in [3.63, 3.8) is 0 Å². The number of nitrogens with two attached hydrogens (primary N) is 2. The zero-order chi connectivity index (χ0) is 13.4. The number of nitrogen functional groups attached to an aromatic ring is 2. The predicted octanol–water partition coefficient (Wildman–Crippen LogP) is 1.05. The summed E-state index contributed by atoms with van der Waals surface area (Å²) in [5.41, 5.74) is 13.8. The fourth-order valence-electron chi connectivity index (χ4n) is 2.76. The van der Waals surface area contributed by atoms with Crippen LogP contribution in [0.2, 0.25) is 0 Å². The molecule has 0 bridgehead atoms. The first-order chi connectivity index (χ1) is 9.15. The van der Waals surface area contributed by atoms with E-state index >= 15 is 0 Å². The normalized spacial score (nSPS) is 22.7. The van der Waals surface area contributed by atoms with Gasteiger partial charge in [-0.2, -0.15) is 0 Å². The van der Waals surface area contributed by atoms with Crippen LogP contribution in [0.1, 0.15) is 25.0 Å². The Balaban J connectivity index is 1.62. The van der Waals surface area contributed by atoms with Gasteiger partial charge in [0.1, 0.15) is 0 Å². The molecule has 3 rings (SSSR count). The summed E-state index contributed by atoms with van der Waals surface area (Å²) >= 11 is 0. The van der Waals surface area contributed by atoms with Crippen LogP contribution in [-0.4, -0.2) is 28.9 Å². The number of nitrogens with zero attached hydrogens (tertiary/aromatic N) is 2. The van der Waals surface area contributed by atoms with Gasteiger partial charge < -0.3 is 16.4 Å². The number of pyridine rings is 1. The van der Waals surface area contributed by atoms with E-state index in [1.807, 2.05) is 4.90 Å². The van der Waals surface area contributed by atoms with E-state index in [2.05, 4.69) is 4.98 Å². The van der Waals surface area contributed by atoms with Gasteiger partial charge in [0.05, 0.1) is 17.1 Å². The number of carbonyl (C=O) groups is 1. The largest absolute Gasteiger partial charge is 0.397 e. The first kappa shape index (κ1) is 12.3. The summed E-state index contributed by atoms with van der Waals surface area (Å²) < 4.78 is 0. The number of hydrogen-bond acceptors (Lipinski definition) is 4. The van der Waals surface area contributed by atoms with Crippen LogP contribution < -0.4 is 11.5 Å². The fourth-order valence-corrected chi connectivity index (χ4v) is 2.76. The Morgan fingerprint density at radius 2 is 2.16 bits per heavy atom. The van der Waals surface area contributed by atoms with E-state index in [0.29, 0.717) is 29.1 Å². The van der Waals surface area contributed by atoms with Gasteiger partial charge in [-0.3, -0.25) is 9.78 Å². The van der Waals surface area contributed by atoms with Gasteiger partial charge in [-0.25, -0.2) is 0 Å². The minimum absolute atomic E-state index is 0.314. The van der Waals surface area contributed by atoms with Crippen molar-refractivity contribution in [1.82, 2.24) is 9.88 Å². The molecule has 0 spiro atoms. The molecule has 1 saturated heterocycles. The van der Waals surface area contributed by atoms with Gasteiger partial charge in [-0.05, 0) is 37.7 Å². The average molecular weight is 260 g/mol. The second-order valence-corrected chi connectivity index (χ2v) is 5.68. The van der Waals surface area contributed by atoms with E-state index < -0.39 is 0 Å². The topological polar surface area (TPSA) is 85.2 Å². The second kappa shape index (κ2) is 4.72. The third-order valence-electron chi connectivity index (χ3n) is 4.11. The molecule has 102 valence electrons. The summed E-state index contributed by atoms with van der Waals surface area (Å²) in [5, 5.41) is 0. The van der Waals surface area contributed by atoms with Crippen molar-refractivity contribution in [3.8, 4) is 0 Å². The van der Waals surface area contributed by atoms with Gasteiger partial charge in [-0.1, -0.05) is 0 Å². The molecule has 5 nitrogen and oxygen atoms in total. The zero-order valence-electron chi connectivity index (χ0n) is 11.0. The summed E-state index contributed by atoms with van der Waals surface area (Å²) in [5.74, 6) is 1.12. The monoisotopic (exact) mass is 260 g/mol. The molecule has 2 aliphatic rings. The lowest BCUT2D eigenvalue weighted by Gasteiger charge is -2.16. The van der Waals surface area contributed by atoms with Crippen LogP contribution >= 0.6 is 0 Å². The molecule has 1 aromatic heterocycles. The molecule has 2 fully saturated rings. The quantitative estimate of drug-likeness (QED) is 0.850. The Kier molecular flexibility index (Phi) is 3.05. The maximum Gasteiger partial charge on any atom is 0.225 e. The standard InChI is InChI=1S/C14H20N4O/c15-11-3-5-17-12(13(11)16)7-9-4-6-18(8-9)14(19)10-1-2-10/h3,5,9-10H,1-2,4,6-8,16H2,(H2,15,17). The Morgan fingerprint density at radius 3 is 2.89 bits per heavy atom. The van der Waals surface area contributed by atoms with Crippen molar-refractivity contribution in [3.05, 3.63) is 18.0 Å². The molecule has 1 aromatic rings. The van der Waals surface area contributed by atoms with Crippen molar-refractivity contribution in [2.75, 3.05) is 24.6 Å². The smallest absolute Gasteiger partial charge is 0.225 e. The first-order valence-electron chi connectivity index (χ1n) is 6.92. The highest BCUT2D eigenvalue weighted by atomic mass is 16.2. The van der Waals surface area contributed by atoms with E-state index in [0.717, 1.165) is 44.5 Å². The van der Waals surface area contributed by atoms with Crippen LogP contribution in [0.4, 0.5) is 11.4 Å². The highest BCUT2D eigenvalue weighted by Gasteiger charge is 2.36.